The predicted octanol–water partition coefficient (Wildman–Crippen LogP) is 2.98. The lowest BCUT2D eigenvalue weighted by Gasteiger charge is -2.05. The molecule has 118 valence electrons. The summed E-state index contributed by atoms with van der Waals surface area (Å²) < 4.78 is 0. The smallest absolute Gasteiger partial charge is 0.220 e. The summed E-state index contributed by atoms with van der Waals surface area (Å²) in [5, 5.41) is 5.81. The van der Waals surface area contributed by atoms with Crippen LogP contribution in [-0.4, -0.2) is 36.4 Å². The van der Waals surface area contributed by atoms with Gasteiger partial charge in [0.25, 0.3) is 0 Å². The maximum absolute atomic E-state index is 11.3. The monoisotopic (exact) mass is 320 g/mol. The van der Waals surface area contributed by atoms with Crippen LogP contribution in [0.3, 0.4) is 0 Å². The maximum Gasteiger partial charge on any atom is 0.220 e. The van der Waals surface area contributed by atoms with E-state index in [0.29, 0.717) is 12.8 Å². The molecule has 0 atom stereocenters. The second-order valence-electron chi connectivity index (χ2n) is 4.55. The highest BCUT2D eigenvalue weighted by molar-refractivity contribution is 8.76. The van der Waals surface area contributed by atoms with E-state index < -0.39 is 0 Å². The van der Waals surface area contributed by atoms with Gasteiger partial charge in [-0.15, -0.1) is 0 Å². The SMILES string of the molecule is CCCCC(=O)NCCSSCCNC(=O)CCCC. The van der Waals surface area contributed by atoms with Gasteiger partial charge in [0, 0.05) is 37.4 Å². The Morgan fingerprint density at radius 1 is 0.800 bits per heavy atom. The van der Waals surface area contributed by atoms with Gasteiger partial charge in [-0.05, 0) is 12.8 Å². The van der Waals surface area contributed by atoms with Crippen LogP contribution < -0.4 is 10.6 Å². The molecule has 0 fully saturated rings. The molecule has 0 heterocycles. The molecule has 0 radical (unpaired) electrons. The Bertz CT molecular complexity index is 238. The van der Waals surface area contributed by atoms with Crippen LogP contribution in [0.15, 0.2) is 0 Å². The predicted molar refractivity (Wildman–Crippen MR) is 90.0 cm³/mol. The number of unbranched alkanes of at least 4 members (excludes halogenated alkanes) is 2. The minimum atomic E-state index is 0.153. The lowest BCUT2D eigenvalue weighted by Crippen LogP contribution is -2.25. The quantitative estimate of drug-likeness (QED) is 0.405. The van der Waals surface area contributed by atoms with E-state index in [9.17, 15) is 9.59 Å². The molecule has 2 N–H and O–H groups in total. The first-order valence-electron chi connectivity index (χ1n) is 7.48. The number of hydrogen-bond acceptors (Lipinski definition) is 4. The van der Waals surface area contributed by atoms with Crippen molar-refractivity contribution in [3.05, 3.63) is 0 Å². The number of carbonyl (C=O) groups excluding carboxylic acids is 2. The third-order valence-corrected chi connectivity index (χ3v) is 5.02. The molecule has 0 rings (SSSR count). The van der Waals surface area contributed by atoms with Crippen molar-refractivity contribution in [2.75, 3.05) is 24.6 Å². The highest BCUT2D eigenvalue weighted by Crippen LogP contribution is 2.19. The topological polar surface area (TPSA) is 58.2 Å². The zero-order valence-corrected chi connectivity index (χ0v) is 14.3. The van der Waals surface area contributed by atoms with Gasteiger partial charge in [-0.2, -0.15) is 0 Å². The van der Waals surface area contributed by atoms with E-state index in [-0.39, 0.29) is 11.8 Å². The van der Waals surface area contributed by atoms with Gasteiger partial charge < -0.3 is 10.6 Å². The van der Waals surface area contributed by atoms with Gasteiger partial charge in [0.05, 0.1) is 0 Å². The van der Waals surface area contributed by atoms with Crippen LogP contribution >= 0.6 is 21.6 Å². The fraction of sp³-hybridized carbons (Fsp3) is 0.857. The molecule has 0 bridgehead atoms. The Morgan fingerprint density at radius 3 is 1.55 bits per heavy atom. The van der Waals surface area contributed by atoms with Gasteiger partial charge in [0.15, 0.2) is 0 Å². The molecule has 0 aliphatic heterocycles. The van der Waals surface area contributed by atoms with Crippen LogP contribution in [0.1, 0.15) is 52.4 Å². The fourth-order valence-corrected chi connectivity index (χ4v) is 3.25. The van der Waals surface area contributed by atoms with Crippen LogP contribution in [0.4, 0.5) is 0 Å². The molecule has 0 spiro atoms. The molecule has 0 aliphatic carbocycles. The highest BCUT2D eigenvalue weighted by Gasteiger charge is 2.00. The summed E-state index contributed by atoms with van der Waals surface area (Å²) in [7, 11) is 3.48. The van der Waals surface area contributed by atoms with Crippen LogP contribution in [0.2, 0.25) is 0 Å². The Balaban J connectivity index is 3.20. The summed E-state index contributed by atoms with van der Waals surface area (Å²) in [5.41, 5.74) is 0. The summed E-state index contributed by atoms with van der Waals surface area (Å²) in [6.45, 7) is 5.62. The van der Waals surface area contributed by atoms with Crippen molar-refractivity contribution in [1.29, 1.82) is 0 Å². The van der Waals surface area contributed by atoms with E-state index in [1.165, 1.54) is 0 Å². The van der Waals surface area contributed by atoms with Crippen LogP contribution in [0.5, 0.6) is 0 Å². The van der Waals surface area contributed by atoms with E-state index in [1.54, 1.807) is 21.6 Å². The summed E-state index contributed by atoms with van der Waals surface area (Å²) in [5.74, 6) is 2.12. The molecule has 0 aromatic heterocycles. The molecule has 2 amide bonds. The van der Waals surface area contributed by atoms with Crippen molar-refractivity contribution >= 4 is 33.4 Å². The van der Waals surface area contributed by atoms with Crippen molar-refractivity contribution in [3.8, 4) is 0 Å². The molecule has 0 saturated carbocycles. The van der Waals surface area contributed by atoms with E-state index in [1.807, 2.05) is 0 Å². The number of rotatable bonds is 13. The van der Waals surface area contributed by atoms with Crippen molar-refractivity contribution in [2.24, 2.45) is 0 Å². The minimum Gasteiger partial charge on any atom is -0.355 e. The molecule has 0 aromatic carbocycles. The lowest BCUT2D eigenvalue weighted by molar-refractivity contribution is -0.121. The molecular weight excluding hydrogens is 292 g/mol. The van der Waals surface area contributed by atoms with Crippen molar-refractivity contribution in [1.82, 2.24) is 10.6 Å². The Labute approximate surface area is 131 Å². The van der Waals surface area contributed by atoms with E-state index in [2.05, 4.69) is 24.5 Å². The normalized spacial score (nSPS) is 10.3. The second-order valence-corrected chi connectivity index (χ2v) is 7.25. The van der Waals surface area contributed by atoms with Gasteiger partial charge in [-0.25, -0.2) is 0 Å². The van der Waals surface area contributed by atoms with E-state index in [0.717, 1.165) is 50.3 Å². The first kappa shape index (κ1) is 19.6. The molecule has 20 heavy (non-hydrogen) atoms. The van der Waals surface area contributed by atoms with Gasteiger partial charge >= 0.3 is 0 Å². The highest BCUT2D eigenvalue weighted by atomic mass is 33.1. The summed E-state index contributed by atoms with van der Waals surface area (Å²) in [6, 6.07) is 0. The third kappa shape index (κ3) is 14.1. The first-order chi connectivity index (χ1) is 9.70. The Hall–Kier alpha value is -0.360. The molecule has 4 nitrogen and oxygen atoms in total. The van der Waals surface area contributed by atoms with Crippen molar-refractivity contribution in [2.45, 2.75) is 52.4 Å². The first-order valence-corrected chi connectivity index (χ1v) is 9.97. The van der Waals surface area contributed by atoms with E-state index >= 15 is 0 Å². The van der Waals surface area contributed by atoms with Crippen molar-refractivity contribution in [3.63, 3.8) is 0 Å². The molecule has 0 aliphatic rings. The summed E-state index contributed by atoms with van der Waals surface area (Å²) in [6.07, 6.45) is 5.32. The standard InChI is InChI=1S/C14H28N2O2S2/c1-3-5-7-13(17)15-9-11-19-20-12-10-16-14(18)8-6-4-2/h3-12H2,1-2H3,(H,15,17)(H,16,18). The van der Waals surface area contributed by atoms with Crippen LogP contribution in [-0.2, 0) is 9.59 Å². The third-order valence-electron chi connectivity index (χ3n) is 2.61. The molecule has 0 aromatic rings. The molecule has 0 unspecified atom stereocenters. The number of nitrogens with one attached hydrogen (secondary N) is 2. The van der Waals surface area contributed by atoms with Crippen molar-refractivity contribution < 1.29 is 9.59 Å². The number of carbonyl (C=O) groups is 2. The second kappa shape index (κ2) is 15.0. The van der Waals surface area contributed by atoms with Crippen LogP contribution in [0.25, 0.3) is 0 Å². The summed E-state index contributed by atoms with van der Waals surface area (Å²) >= 11 is 0. The fourth-order valence-electron chi connectivity index (χ4n) is 1.43. The minimum absolute atomic E-state index is 0.153. The number of amides is 2. The van der Waals surface area contributed by atoms with Gasteiger partial charge in [0.1, 0.15) is 0 Å². The average Bonchev–Trinajstić information content (AvgIpc) is 2.45. The average molecular weight is 321 g/mol. The zero-order valence-electron chi connectivity index (χ0n) is 12.7. The van der Waals surface area contributed by atoms with Gasteiger partial charge in [-0.1, -0.05) is 48.3 Å². The van der Waals surface area contributed by atoms with E-state index in [4.69, 9.17) is 0 Å². The molecular formula is C14H28N2O2S2. The van der Waals surface area contributed by atoms with Crippen LogP contribution in [0, 0.1) is 0 Å². The summed E-state index contributed by atoms with van der Waals surface area (Å²) in [4.78, 5) is 22.6. The molecule has 6 heteroatoms. The Morgan fingerprint density at radius 2 is 1.20 bits per heavy atom. The largest absolute Gasteiger partial charge is 0.355 e. The Kier molecular flexibility index (Phi) is 14.8. The van der Waals surface area contributed by atoms with Gasteiger partial charge in [0.2, 0.25) is 11.8 Å². The zero-order chi connectivity index (χ0) is 15.1. The van der Waals surface area contributed by atoms with Gasteiger partial charge in [-0.3, -0.25) is 9.59 Å². The number of hydrogen-bond donors (Lipinski definition) is 2. The lowest BCUT2D eigenvalue weighted by atomic mass is 10.2. The maximum atomic E-state index is 11.3. The molecule has 0 saturated heterocycles.